The number of H-pyrrole nitrogens is 1. The smallest absolute Gasteiger partial charge is 0.250 e. The molecule has 0 aromatic carbocycles. The van der Waals surface area contributed by atoms with Crippen LogP contribution in [0.15, 0.2) is 28.0 Å². The number of aromatic nitrogens is 2. The molecule has 6 nitrogen and oxygen atoms in total. The molecule has 1 fully saturated rings. The average Bonchev–Trinajstić information content (AvgIpc) is 3.21. The molecule has 120 valence electrons. The number of thiophene rings is 1. The number of nitrogens with zero attached hydrogens (tertiary/aromatic N) is 2. The van der Waals surface area contributed by atoms with Gasteiger partial charge in [0.05, 0.1) is 12.0 Å². The number of imidazole rings is 1. The van der Waals surface area contributed by atoms with Crippen LogP contribution in [-0.4, -0.2) is 42.9 Å². The molecule has 1 aliphatic heterocycles. The van der Waals surface area contributed by atoms with Crippen LogP contribution in [0.5, 0.6) is 0 Å². The molecule has 0 saturated carbocycles. The average molecular weight is 340 g/mol. The van der Waals surface area contributed by atoms with Crippen LogP contribution in [-0.2, 0) is 16.6 Å². The molecule has 8 heteroatoms. The summed E-state index contributed by atoms with van der Waals surface area (Å²) in [5.41, 5.74) is 2.17. The van der Waals surface area contributed by atoms with Gasteiger partial charge in [-0.05, 0) is 37.3 Å². The van der Waals surface area contributed by atoms with Gasteiger partial charge in [0.1, 0.15) is 4.21 Å². The number of hydrogen-bond acceptors (Lipinski definition) is 5. The fourth-order valence-corrected chi connectivity index (χ4v) is 4.85. The van der Waals surface area contributed by atoms with E-state index in [1.165, 1.54) is 11.3 Å². The zero-order valence-corrected chi connectivity index (χ0v) is 14.1. The molecule has 0 bridgehead atoms. The monoisotopic (exact) mass is 340 g/mol. The predicted molar refractivity (Wildman–Crippen MR) is 86.2 cm³/mol. The first-order valence-electron chi connectivity index (χ1n) is 7.29. The molecule has 1 atom stereocenters. The second-order valence-corrected chi connectivity index (χ2v) is 8.59. The summed E-state index contributed by atoms with van der Waals surface area (Å²) in [7, 11) is -3.35. The molecule has 1 unspecified atom stereocenters. The number of rotatable bonds is 6. The van der Waals surface area contributed by atoms with Gasteiger partial charge in [-0.3, -0.25) is 4.90 Å². The third-order valence-electron chi connectivity index (χ3n) is 4.00. The fourth-order valence-electron chi connectivity index (χ4n) is 2.70. The number of aryl methyl sites for hydroxylation is 1. The van der Waals surface area contributed by atoms with Gasteiger partial charge in [-0.15, -0.1) is 11.3 Å². The molecule has 3 rings (SSSR count). The third kappa shape index (κ3) is 3.57. The van der Waals surface area contributed by atoms with Crippen molar-refractivity contribution in [2.75, 3.05) is 19.6 Å². The second kappa shape index (κ2) is 6.49. The molecule has 3 heterocycles. The number of sulfonamides is 1. The Kier molecular flexibility index (Phi) is 4.62. The molecule has 22 heavy (non-hydrogen) atoms. The standard InChI is InChI=1S/C14H20N4O2S2/c1-11-13(16-10-15-11)9-18-5-4-12(8-18)7-17-22(19,20)14-3-2-6-21-14/h2-3,6,10,12,17H,4-5,7-9H2,1H3,(H,15,16). The van der Waals surface area contributed by atoms with Crippen LogP contribution >= 0.6 is 11.3 Å². The maximum absolute atomic E-state index is 12.1. The van der Waals surface area contributed by atoms with Crippen LogP contribution in [0.25, 0.3) is 0 Å². The van der Waals surface area contributed by atoms with Crippen molar-refractivity contribution in [2.45, 2.75) is 24.1 Å². The highest BCUT2D eigenvalue weighted by Crippen LogP contribution is 2.20. The lowest BCUT2D eigenvalue weighted by Crippen LogP contribution is -2.30. The molecule has 1 saturated heterocycles. The normalized spacial score (nSPS) is 19.8. The Morgan fingerprint density at radius 1 is 1.55 bits per heavy atom. The number of nitrogens with one attached hydrogen (secondary N) is 2. The van der Waals surface area contributed by atoms with Crippen molar-refractivity contribution in [1.29, 1.82) is 0 Å². The summed E-state index contributed by atoms with van der Waals surface area (Å²) in [5, 5.41) is 1.78. The minimum atomic E-state index is -3.35. The highest BCUT2D eigenvalue weighted by Gasteiger charge is 2.25. The molecule has 1 aliphatic rings. The molecular weight excluding hydrogens is 320 g/mol. The van der Waals surface area contributed by atoms with Crippen LogP contribution in [0.2, 0.25) is 0 Å². The highest BCUT2D eigenvalue weighted by molar-refractivity contribution is 7.91. The largest absolute Gasteiger partial charge is 0.348 e. The Morgan fingerprint density at radius 3 is 3.09 bits per heavy atom. The quantitative estimate of drug-likeness (QED) is 0.837. The SMILES string of the molecule is Cc1[nH]cnc1CN1CCC(CNS(=O)(=O)c2cccs2)C1. The Morgan fingerprint density at radius 2 is 2.41 bits per heavy atom. The van der Waals surface area contributed by atoms with Gasteiger partial charge in [0.15, 0.2) is 0 Å². The summed E-state index contributed by atoms with van der Waals surface area (Å²) in [6.07, 6.45) is 2.73. The third-order valence-corrected chi connectivity index (χ3v) is 6.82. The number of hydrogen-bond donors (Lipinski definition) is 2. The molecular formula is C14H20N4O2S2. The first-order chi connectivity index (χ1) is 10.5. The Balaban J connectivity index is 1.50. The lowest BCUT2D eigenvalue weighted by atomic mass is 10.1. The van der Waals surface area contributed by atoms with Crippen molar-refractivity contribution in [1.82, 2.24) is 19.6 Å². The van der Waals surface area contributed by atoms with Gasteiger partial charge >= 0.3 is 0 Å². The van der Waals surface area contributed by atoms with Gasteiger partial charge in [0, 0.05) is 25.3 Å². The Hall–Kier alpha value is -1.22. The maximum Gasteiger partial charge on any atom is 0.250 e. The first-order valence-corrected chi connectivity index (χ1v) is 9.65. The summed E-state index contributed by atoms with van der Waals surface area (Å²) in [4.78, 5) is 9.73. The van der Waals surface area contributed by atoms with E-state index in [1.54, 1.807) is 23.8 Å². The van der Waals surface area contributed by atoms with E-state index in [9.17, 15) is 8.42 Å². The van der Waals surface area contributed by atoms with Crippen LogP contribution in [0.1, 0.15) is 17.8 Å². The first kappa shape index (κ1) is 15.7. The van der Waals surface area contributed by atoms with Crippen molar-refractivity contribution >= 4 is 21.4 Å². The predicted octanol–water partition coefficient (Wildman–Crippen LogP) is 1.58. The van der Waals surface area contributed by atoms with E-state index >= 15 is 0 Å². The lowest BCUT2D eigenvalue weighted by molar-refractivity contribution is 0.312. The van der Waals surface area contributed by atoms with Crippen molar-refractivity contribution in [3.63, 3.8) is 0 Å². The van der Waals surface area contributed by atoms with Crippen LogP contribution in [0.3, 0.4) is 0 Å². The fraction of sp³-hybridized carbons (Fsp3) is 0.500. The van der Waals surface area contributed by atoms with Crippen molar-refractivity contribution < 1.29 is 8.42 Å². The van der Waals surface area contributed by atoms with Gasteiger partial charge in [-0.2, -0.15) is 0 Å². The van der Waals surface area contributed by atoms with E-state index in [0.717, 1.165) is 37.4 Å². The Labute approximate surface area is 134 Å². The lowest BCUT2D eigenvalue weighted by Gasteiger charge is -2.15. The summed E-state index contributed by atoms with van der Waals surface area (Å²) in [6, 6.07) is 3.39. The molecule has 2 aromatic heterocycles. The summed E-state index contributed by atoms with van der Waals surface area (Å²) >= 11 is 1.24. The molecule has 0 radical (unpaired) electrons. The molecule has 0 spiro atoms. The van der Waals surface area contributed by atoms with E-state index in [0.29, 0.717) is 16.7 Å². The van der Waals surface area contributed by atoms with Crippen LogP contribution in [0.4, 0.5) is 0 Å². The van der Waals surface area contributed by atoms with Gasteiger partial charge in [-0.1, -0.05) is 6.07 Å². The zero-order chi connectivity index (χ0) is 15.6. The van der Waals surface area contributed by atoms with Gasteiger partial charge in [-0.25, -0.2) is 18.1 Å². The van der Waals surface area contributed by atoms with Gasteiger partial charge in [0.25, 0.3) is 0 Å². The summed E-state index contributed by atoms with van der Waals surface area (Å²) in [6.45, 7) is 5.22. The summed E-state index contributed by atoms with van der Waals surface area (Å²) in [5.74, 6) is 0.356. The maximum atomic E-state index is 12.1. The van der Waals surface area contributed by atoms with E-state index in [4.69, 9.17) is 0 Å². The second-order valence-electron chi connectivity index (χ2n) is 5.65. The van der Waals surface area contributed by atoms with Crippen molar-refractivity contribution in [3.05, 3.63) is 35.2 Å². The van der Waals surface area contributed by atoms with E-state index in [-0.39, 0.29) is 0 Å². The molecule has 0 aliphatic carbocycles. The van der Waals surface area contributed by atoms with E-state index in [1.807, 2.05) is 6.92 Å². The van der Waals surface area contributed by atoms with Gasteiger partial charge < -0.3 is 4.98 Å². The van der Waals surface area contributed by atoms with Crippen molar-refractivity contribution in [3.8, 4) is 0 Å². The number of likely N-dealkylation sites (tertiary alicyclic amines) is 1. The zero-order valence-electron chi connectivity index (χ0n) is 12.4. The molecule has 2 N–H and O–H groups in total. The van der Waals surface area contributed by atoms with E-state index < -0.39 is 10.0 Å². The molecule has 2 aromatic rings. The van der Waals surface area contributed by atoms with Gasteiger partial charge in [0.2, 0.25) is 10.0 Å². The number of aromatic amines is 1. The van der Waals surface area contributed by atoms with Crippen molar-refractivity contribution in [2.24, 2.45) is 5.92 Å². The Bertz CT molecular complexity index is 709. The minimum absolute atomic E-state index is 0.356. The summed E-state index contributed by atoms with van der Waals surface area (Å²) < 4.78 is 27.3. The minimum Gasteiger partial charge on any atom is -0.348 e. The van der Waals surface area contributed by atoms with Crippen LogP contribution < -0.4 is 4.72 Å². The molecule has 0 amide bonds. The van der Waals surface area contributed by atoms with E-state index in [2.05, 4.69) is 19.6 Å². The topological polar surface area (TPSA) is 78.1 Å². The highest BCUT2D eigenvalue weighted by atomic mass is 32.2. The van der Waals surface area contributed by atoms with Crippen LogP contribution in [0, 0.1) is 12.8 Å².